The SMILES string of the molecule is C=C(C)C(=O)OCCOCCCCCCOCCOC(=O)C(=C)C. The Hall–Kier alpha value is -1.66. The van der Waals surface area contributed by atoms with Gasteiger partial charge in [0, 0.05) is 24.4 Å². The lowest BCUT2D eigenvalue weighted by Crippen LogP contribution is -2.11. The van der Waals surface area contributed by atoms with Gasteiger partial charge in [-0.2, -0.15) is 0 Å². The smallest absolute Gasteiger partial charge is 0.333 e. The van der Waals surface area contributed by atoms with Crippen molar-refractivity contribution in [2.75, 3.05) is 39.6 Å². The summed E-state index contributed by atoms with van der Waals surface area (Å²) >= 11 is 0. The van der Waals surface area contributed by atoms with E-state index in [1.807, 2.05) is 0 Å². The Morgan fingerprint density at radius 1 is 0.625 bits per heavy atom. The molecule has 6 nitrogen and oxygen atoms in total. The third-order valence-electron chi connectivity index (χ3n) is 2.95. The Kier molecular flexibility index (Phi) is 13.9. The summed E-state index contributed by atoms with van der Waals surface area (Å²) in [4.78, 5) is 22.2. The molecule has 0 aliphatic rings. The molecule has 138 valence electrons. The second kappa shape index (κ2) is 14.9. The highest BCUT2D eigenvalue weighted by atomic mass is 16.6. The Labute approximate surface area is 144 Å². The van der Waals surface area contributed by atoms with Crippen LogP contribution in [0, 0.1) is 0 Å². The lowest BCUT2D eigenvalue weighted by molar-refractivity contribution is -0.141. The van der Waals surface area contributed by atoms with E-state index in [4.69, 9.17) is 18.9 Å². The standard InChI is InChI=1S/C18H30O6/c1-15(2)17(19)23-13-11-21-9-7-5-6-8-10-22-12-14-24-18(20)16(3)4/h1,3,5-14H2,2,4H3. The zero-order valence-electron chi connectivity index (χ0n) is 14.9. The van der Waals surface area contributed by atoms with E-state index < -0.39 is 0 Å². The molecule has 0 fully saturated rings. The zero-order valence-corrected chi connectivity index (χ0v) is 14.9. The number of ether oxygens (including phenoxy) is 4. The van der Waals surface area contributed by atoms with Gasteiger partial charge in [-0.1, -0.05) is 26.0 Å². The van der Waals surface area contributed by atoms with Gasteiger partial charge >= 0.3 is 11.9 Å². The number of carbonyl (C=O) groups excluding carboxylic acids is 2. The molecule has 0 aromatic rings. The van der Waals surface area contributed by atoms with Crippen molar-refractivity contribution in [2.24, 2.45) is 0 Å². The van der Waals surface area contributed by atoms with E-state index in [0.29, 0.717) is 37.6 Å². The van der Waals surface area contributed by atoms with Crippen molar-refractivity contribution in [1.82, 2.24) is 0 Å². The lowest BCUT2D eigenvalue weighted by Gasteiger charge is -2.07. The maximum Gasteiger partial charge on any atom is 0.333 e. The molecule has 0 heterocycles. The monoisotopic (exact) mass is 342 g/mol. The molecule has 0 N–H and O–H groups in total. The van der Waals surface area contributed by atoms with Crippen molar-refractivity contribution in [2.45, 2.75) is 39.5 Å². The summed E-state index contributed by atoms with van der Waals surface area (Å²) in [6.07, 6.45) is 4.04. The minimum absolute atomic E-state index is 0.259. The fraction of sp³-hybridized carbons (Fsp3) is 0.667. The molecule has 0 radical (unpaired) electrons. The van der Waals surface area contributed by atoms with E-state index in [1.165, 1.54) is 0 Å². The fourth-order valence-electron chi connectivity index (χ4n) is 1.60. The molecule has 0 aliphatic carbocycles. The van der Waals surface area contributed by atoms with Crippen molar-refractivity contribution in [3.8, 4) is 0 Å². The number of esters is 2. The summed E-state index contributed by atoms with van der Waals surface area (Å²) in [5.41, 5.74) is 0.789. The van der Waals surface area contributed by atoms with E-state index in [2.05, 4.69) is 13.2 Å². The summed E-state index contributed by atoms with van der Waals surface area (Å²) in [7, 11) is 0. The van der Waals surface area contributed by atoms with E-state index in [-0.39, 0.29) is 25.2 Å². The molecule has 0 spiro atoms. The normalized spacial score (nSPS) is 10.2. The maximum absolute atomic E-state index is 11.1. The summed E-state index contributed by atoms with van der Waals surface area (Å²) in [6.45, 7) is 12.9. The van der Waals surface area contributed by atoms with Crippen LogP contribution in [0.3, 0.4) is 0 Å². The third kappa shape index (κ3) is 14.0. The van der Waals surface area contributed by atoms with Gasteiger partial charge in [-0.25, -0.2) is 9.59 Å². The van der Waals surface area contributed by atoms with Gasteiger partial charge in [0.2, 0.25) is 0 Å². The molecule has 0 aromatic heterocycles. The van der Waals surface area contributed by atoms with Crippen molar-refractivity contribution in [3.63, 3.8) is 0 Å². The van der Waals surface area contributed by atoms with Crippen molar-refractivity contribution in [1.29, 1.82) is 0 Å². The summed E-state index contributed by atoms with van der Waals surface area (Å²) < 4.78 is 20.6. The molecule has 0 saturated carbocycles. The minimum Gasteiger partial charge on any atom is -0.460 e. The second-order valence-electron chi connectivity index (χ2n) is 5.47. The Morgan fingerprint density at radius 3 is 1.33 bits per heavy atom. The first-order valence-corrected chi connectivity index (χ1v) is 8.26. The van der Waals surface area contributed by atoms with Crippen LogP contribution in [0.25, 0.3) is 0 Å². The minimum atomic E-state index is -0.381. The van der Waals surface area contributed by atoms with Gasteiger partial charge in [0.25, 0.3) is 0 Å². The predicted molar refractivity (Wildman–Crippen MR) is 91.7 cm³/mol. The summed E-state index contributed by atoms with van der Waals surface area (Å²) in [5.74, 6) is -0.763. The predicted octanol–water partition coefficient (Wildman–Crippen LogP) is 2.82. The summed E-state index contributed by atoms with van der Waals surface area (Å²) in [5, 5.41) is 0. The van der Waals surface area contributed by atoms with E-state index in [9.17, 15) is 9.59 Å². The molecule has 0 amide bonds. The van der Waals surface area contributed by atoms with Gasteiger partial charge in [-0.3, -0.25) is 0 Å². The van der Waals surface area contributed by atoms with E-state index in [1.54, 1.807) is 13.8 Å². The molecule has 0 saturated heterocycles. The molecule has 24 heavy (non-hydrogen) atoms. The van der Waals surface area contributed by atoms with Gasteiger partial charge in [0.05, 0.1) is 13.2 Å². The van der Waals surface area contributed by atoms with Crippen LogP contribution in [0.5, 0.6) is 0 Å². The fourth-order valence-corrected chi connectivity index (χ4v) is 1.60. The first-order valence-electron chi connectivity index (χ1n) is 8.26. The Balaban J connectivity index is 3.18. The first-order chi connectivity index (χ1) is 11.4. The molecule has 6 heteroatoms. The van der Waals surface area contributed by atoms with E-state index in [0.717, 1.165) is 25.7 Å². The summed E-state index contributed by atoms with van der Waals surface area (Å²) in [6, 6.07) is 0. The average molecular weight is 342 g/mol. The quantitative estimate of drug-likeness (QED) is 0.259. The van der Waals surface area contributed by atoms with Gasteiger partial charge < -0.3 is 18.9 Å². The highest BCUT2D eigenvalue weighted by Crippen LogP contribution is 2.01. The lowest BCUT2D eigenvalue weighted by atomic mass is 10.2. The van der Waals surface area contributed by atoms with Crippen LogP contribution < -0.4 is 0 Å². The van der Waals surface area contributed by atoms with Gasteiger partial charge in [0.15, 0.2) is 0 Å². The molecule has 0 aromatic carbocycles. The third-order valence-corrected chi connectivity index (χ3v) is 2.95. The number of hydrogen-bond donors (Lipinski definition) is 0. The Bertz CT molecular complexity index is 364. The van der Waals surface area contributed by atoms with Crippen molar-refractivity contribution < 1.29 is 28.5 Å². The number of hydrogen-bond acceptors (Lipinski definition) is 6. The van der Waals surface area contributed by atoms with E-state index >= 15 is 0 Å². The van der Waals surface area contributed by atoms with Crippen LogP contribution in [0.1, 0.15) is 39.5 Å². The van der Waals surface area contributed by atoms with Crippen LogP contribution in [-0.2, 0) is 28.5 Å². The topological polar surface area (TPSA) is 71.1 Å². The van der Waals surface area contributed by atoms with Gasteiger partial charge in [0.1, 0.15) is 13.2 Å². The maximum atomic E-state index is 11.1. The molecule has 0 rings (SSSR count). The molecular weight excluding hydrogens is 312 g/mol. The first kappa shape index (κ1) is 22.3. The van der Waals surface area contributed by atoms with Crippen LogP contribution >= 0.6 is 0 Å². The van der Waals surface area contributed by atoms with Crippen LogP contribution in [-0.4, -0.2) is 51.6 Å². The second-order valence-corrected chi connectivity index (χ2v) is 5.47. The number of rotatable bonds is 15. The number of unbranched alkanes of at least 4 members (excludes halogenated alkanes) is 3. The largest absolute Gasteiger partial charge is 0.460 e. The van der Waals surface area contributed by atoms with Crippen molar-refractivity contribution >= 4 is 11.9 Å². The van der Waals surface area contributed by atoms with Gasteiger partial charge in [-0.05, 0) is 26.7 Å². The van der Waals surface area contributed by atoms with Crippen LogP contribution in [0.4, 0.5) is 0 Å². The van der Waals surface area contributed by atoms with Crippen LogP contribution in [0.15, 0.2) is 24.3 Å². The average Bonchev–Trinajstić information content (AvgIpc) is 2.54. The number of carbonyl (C=O) groups is 2. The molecule has 0 unspecified atom stereocenters. The van der Waals surface area contributed by atoms with Crippen molar-refractivity contribution in [3.05, 3.63) is 24.3 Å². The Morgan fingerprint density at radius 2 is 1.00 bits per heavy atom. The highest BCUT2D eigenvalue weighted by molar-refractivity contribution is 5.87. The highest BCUT2D eigenvalue weighted by Gasteiger charge is 2.02. The molecule has 0 bridgehead atoms. The zero-order chi connectivity index (χ0) is 18.2. The van der Waals surface area contributed by atoms with Gasteiger partial charge in [-0.15, -0.1) is 0 Å². The van der Waals surface area contributed by atoms with Crippen LogP contribution in [0.2, 0.25) is 0 Å². The molecular formula is C18H30O6. The molecule has 0 atom stereocenters. The molecule has 0 aliphatic heterocycles.